The van der Waals surface area contributed by atoms with E-state index in [4.69, 9.17) is 5.11 Å². The highest BCUT2D eigenvalue weighted by Crippen LogP contribution is 2.38. The molecule has 0 spiro atoms. The van der Waals surface area contributed by atoms with Crippen molar-refractivity contribution in [2.75, 3.05) is 11.4 Å². The van der Waals surface area contributed by atoms with Crippen LogP contribution in [0.2, 0.25) is 0 Å². The van der Waals surface area contributed by atoms with Crippen LogP contribution in [-0.4, -0.2) is 23.5 Å². The van der Waals surface area contributed by atoms with E-state index in [1.165, 1.54) is 5.56 Å². The van der Waals surface area contributed by atoms with Gasteiger partial charge in [0.1, 0.15) is 0 Å². The molecule has 4 nitrogen and oxygen atoms in total. The number of carboxylic acid groups (broad SMARTS) is 1. The van der Waals surface area contributed by atoms with Crippen LogP contribution in [0.25, 0.3) is 0 Å². The van der Waals surface area contributed by atoms with Gasteiger partial charge < -0.3 is 10.0 Å². The number of aryl methyl sites for hydroxylation is 1. The van der Waals surface area contributed by atoms with Crippen molar-refractivity contribution in [3.05, 3.63) is 29.8 Å². The molecular weight excluding hydrogens is 254 g/mol. The van der Waals surface area contributed by atoms with Gasteiger partial charge in [-0.05, 0) is 43.7 Å². The van der Waals surface area contributed by atoms with Gasteiger partial charge in [0.2, 0.25) is 5.91 Å². The van der Waals surface area contributed by atoms with Crippen LogP contribution in [0.15, 0.2) is 24.3 Å². The molecule has 0 bridgehead atoms. The Hall–Kier alpha value is -1.84. The summed E-state index contributed by atoms with van der Waals surface area (Å²) in [5, 5.41) is 9.13. The van der Waals surface area contributed by atoms with Crippen molar-refractivity contribution in [2.45, 2.75) is 32.1 Å². The molecule has 1 heterocycles. The van der Waals surface area contributed by atoms with E-state index in [0.717, 1.165) is 24.9 Å². The average molecular weight is 273 g/mol. The third-order valence-corrected chi connectivity index (χ3v) is 4.54. The van der Waals surface area contributed by atoms with Crippen molar-refractivity contribution in [1.82, 2.24) is 0 Å². The lowest BCUT2D eigenvalue weighted by atomic mass is 9.73. The Morgan fingerprint density at radius 2 is 1.85 bits per heavy atom. The summed E-state index contributed by atoms with van der Waals surface area (Å²) in [7, 11) is 0. The first-order valence-corrected chi connectivity index (χ1v) is 7.30. The first kappa shape index (κ1) is 13.2. The lowest BCUT2D eigenvalue weighted by Crippen LogP contribution is -2.46. The number of nitrogens with zero attached hydrogens (tertiary/aromatic N) is 1. The van der Waals surface area contributed by atoms with Gasteiger partial charge in [-0.25, -0.2) is 0 Å². The number of hydrogen-bond acceptors (Lipinski definition) is 2. The molecule has 1 N–H and O–H groups in total. The molecule has 0 aromatic heterocycles. The van der Waals surface area contributed by atoms with Crippen molar-refractivity contribution in [1.29, 1.82) is 0 Å². The lowest BCUT2D eigenvalue weighted by molar-refractivity contribution is -0.152. The SMILES string of the molecule is O=C(O)C1CCC1C(=O)N1CCCCc2ccccc21. The van der Waals surface area contributed by atoms with Gasteiger partial charge in [-0.1, -0.05) is 18.2 Å². The number of carbonyl (C=O) groups is 2. The molecule has 1 fully saturated rings. The van der Waals surface area contributed by atoms with Crippen molar-refractivity contribution in [2.24, 2.45) is 11.8 Å². The summed E-state index contributed by atoms with van der Waals surface area (Å²) >= 11 is 0. The molecular formula is C16H19NO3. The van der Waals surface area contributed by atoms with E-state index in [9.17, 15) is 9.59 Å². The molecule has 1 aliphatic carbocycles. The van der Waals surface area contributed by atoms with Crippen LogP contribution in [0, 0.1) is 11.8 Å². The number of para-hydroxylation sites is 1. The van der Waals surface area contributed by atoms with Gasteiger partial charge in [0.15, 0.2) is 0 Å². The quantitative estimate of drug-likeness (QED) is 0.900. The molecule has 2 aliphatic rings. The van der Waals surface area contributed by atoms with Gasteiger partial charge in [-0.3, -0.25) is 9.59 Å². The Labute approximate surface area is 118 Å². The van der Waals surface area contributed by atoms with Gasteiger partial charge in [0.25, 0.3) is 0 Å². The lowest BCUT2D eigenvalue weighted by Gasteiger charge is -2.36. The number of aliphatic carboxylic acids is 1. The summed E-state index contributed by atoms with van der Waals surface area (Å²) in [5.74, 6) is -1.66. The maximum absolute atomic E-state index is 12.7. The molecule has 1 amide bonds. The van der Waals surface area contributed by atoms with E-state index in [1.807, 2.05) is 23.1 Å². The Morgan fingerprint density at radius 1 is 1.10 bits per heavy atom. The maximum Gasteiger partial charge on any atom is 0.307 e. The number of carbonyl (C=O) groups excluding carboxylic acids is 1. The highest BCUT2D eigenvalue weighted by Gasteiger charge is 2.43. The van der Waals surface area contributed by atoms with Crippen molar-refractivity contribution >= 4 is 17.6 Å². The third kappa shape index (κ3) is 2.19. The predicted octanol–water partition coefficient (Wildman–Crippen LogP) is 2.47. The topological polar surface area (TPSA) is 57.6 Å². The fourth-order valence-corrected chi connectivity index (χ4v) is 3.21. The zero-order valence-corrected chi connectivity index (χ0v) is 11.4. The van der Waals surface area contributed by atoms with Crippen LogP contribution < -0.4 is 4.90 Å². The monoisotopic (exact) mass is 273 g/mol. The Kier molecular flexibility index (Phi) is 3.47. The summed E-state index contributed by atoms with van der Waals surface area (Å²) in [6.07, 6.45) is 4.38. The minimum absolute atomic E-state index is 0.00185. The number of fused-ring (bicyclic) bond motifs is 1. The Bertz CT molecular complexity index is 540. The Morgan fingerprint density at radius 3 is 2.55 bits per heavy atom. The largest absolute Gasteiger partial charge is 0.481 e. The maximum atomic E-state index is 12.7. The molecule has 106 valence electrons. The number of anilines is 1. The zero-order valence-electron chi connectivity index (χ0n) is 11.4. The molecule has 3 rings (SSSR count). The van der Waals surface area contributed by atoms with Crippen LogP contribution in [0.1, 0.15) is 31.2 Å². The fourth-order valence-electron chi connectivity index (χ4n) is 3.21. The number of amides is 1. The second-order valence-electron chi connectivity index (χ2n) is 5.70. The van der Waals surface area contributed by atoms with Crippen molar-refractivity contribution < 1.29 is 14.7 Å². The van der Waals surface area contributed by atoms with Crippen molar-refractivity contribution in [3.63, 3.8) is 0 Å². The zero-order chi connectivity index (χ0) is 14.1. The standard InChI is InChI=1S/C16H19NO3/c18-15(12-8-9-13(12)16(19)20)17-10-4-3-6-11-5-1-2-7-14(11)17/h1-2,5,7,12-13H,3-4,6,8-10H2,(H,19,20). The minimum atomic E-state index is -0.835. The molecule has 4 heteroatoms. The second kappa shape index (κ2) is 5.27. The summed E-state index contributed by atoms with van der Waals surface area (Å²) in [6, 6.07) is 7.99. The summed E-state index contributed by atoms with van der Waals surface area (Å²) in [6.45, 7) is 0.707. The molecule has 2 atom stereocenters. The van der Waals surface area contributed by atoms with Gasteiger partial charge in [-0.2, -0.15) is 0 Å². The predicted molar refractivity (Wildman–Crippen MR) is 75.6 cm³/mol. The summed E-state index contributed by atoms with van der Waals surface area (Å²) in [4.78, 5) is 25.6. The molecule has 1 aliphatic heterocycles. The molecule has 0 radical (unpaired) electrons. The normalized spacial score (nSPS) is 25.3. The molecule has 2 unspecified atom stereocenters. The number of hydrogen-bond donors (Lipinski definition) is 1. The number of rotatable bonds is 2. The van der Waals surface area contributed by atoms with Crippen LogP contribution in [0.5, 0.6) is 0 Å². The van der Waals surface area contributed by atoms with E-state index < -0.39 is 11.9 Å². The number of carboxylic acids is 1. The first-order valence-electron chi connectivity index (χ1n) is 7.30. The number of benzene rings is 1. The van der Waals surface area contributed by atoms with Crippen LogP contribution in [0.3, 0.4) is 0 Å². The van der Waals surface area contributed by atoms with E-state index >= 15 is 0 Å². The van der Waals surface area contributed by atoms with Gasteiger partial charge in [-0.15, -0.1) is 0 Å². The van der Waals surface area contributed by atoms with Crippen LogP contribution in [-0.2, 0) is 16.0 Å². The summed E-state index contributed by atoms with van der Waals surface area (Å²) < 4.78 is 0. The minimum Gasteiger partial charge on any atom is -0.481 e. The smallest absolute Gasteiger partial charge is 0.307 e. The molecule has 1 aromatic rings. The van der Waals surface area contributed by atoms with Crippen molar-refractivity contribution in [3.8, 4) is 0 Å². The Balaban J connectivity index is 1.86. The second-order valence-corrected chi connectivity index (χ2v) is 5.70. The molecule has 1 aromatic carbocycles. The fraction of sp³-hybridized carbons (Fsp3) is 0.500. The van der Waals surface area contributed by atoms with Gasteiger partial charge in [0.05, 0.1) is 11.8 Å². The highest BCUT2D eigenvalue weighted by atomic mass is 16.4. The summed E-state index contributed by atoms with van der Waals surface area (Å²) in [5.41, 5.74) is 2.18. The first-order chi connectivity index (χ1) is 9.68. The van der Waals surface area contributed by atoms with E-state index in [1.54, 1.807) is 0 Å². The molecule has 20 heavy (non-hydrogen) atoms. The highest BCUT2D eigenvalue weighted by molar-refractivity contribution is 5.98. The van der Waals surface area contributed by atoms with E-state index in [-0.39, 0.29) is 11.8 Å². The van der Waals surface area contributed by atoms with Gasteiger partial charge in [0, 0.05) is 12.2 Å². The third-order valence-electron chi connectivity index (χ3n) is 4.54. The molecule has 0 saturated heterocycles. The van der Waals surface area contributed by atoms with Crippen LogP contribution in [0.4, 0.5) is 5.69 Å². The van der Waals surface area contributed by atoms with E-state index in [0.29, 0.717) is 19.4 Å². The van der Waals surface area contributed by atoms with E-state index in [2.05, 4.69) is 6.07 Å². The van der Waals surface area contributed by atoms with Crippen LogP contribution >= 0.6 is 0 Å². The molecule has 1 saturated carbocycles. The average Bonchev–Trinajstić information content (AvgIpc) is 2.58. The van der Waals surface area contributed by atoms with Gasteiger partial charge >= 0.3 is 5.97 Å².